The van der Waals surface area contributed by atoms with E-state index < -0.39 is 7.26 Å². The van der Waals surface area contributed by atoms with Crippen LogP contribution in [0.3, 0.4) is 0 Å². The van der Waals surface area contributed by atoms with Crippen LogP contribution in [0.2, 0.25) is 0 Å². The summed E-state index contributed by atoms with van der Waals surface area (Å²) in [5.74, 6) is 0. The van der Waals surface area contributed by atoms with Crippen molar-refractivity contribution < 1.29 is 17.0 Å². The summed E-state index contributed by atoms with van der Waals surface area (Å²) in [4.78, 5) is 0. The second-order valence-corrected chi connectivity index (χ2v) is 11.0. The zero-order valence-electron chi connectivity index (χ0n) is 15.3. The van der Waals surface area contributed by atoms with Crippen molar-refractivity contribution >= 4 is 7.26 Å². The van der Waals surface area contributed by atoms with Gasteiger partial charge in [0.05, 0.1) is 24.6 Å². The number of hydrogen-bond donors (Lipinski definition) is 0. The molecule has 0 atom stereocenters. The fourth-order valence-corrected chi connectivity index (χ4v) is 8.33. The van der Waals surface area contributed by atoms with E-state index in [1.54, 1.807) is 11.1 Å². The van der Waals surface area contributed by atoms with E-state index in [9.17, 15) is 0 Å². The smallest absolute Gasteiger partial charge is 0.0846 e. The predicted molar refractivity (Wildman–Crippen MR) is 107 cm³/mol. The van der Waals surface area contributed by atoms with Gasteiger partial charge in [0.1, 0.15) is 0 Å². The summed E-state index contributed by atoms with van der Waals surface area (Å²) < 4.78 is 0. The van der Waals surface area contributed by atoms with E-state index in [0.717, 1.165) is 0 Å². The average Bonchev–Trinajstić information content (AvgIpc) is 2.60. The van der Waals surface area contributed by atoms with Crippen LogP contribution in [-0.2, 0) is 12.3 Å². The zero-order valence-corrected chi connectivity index (χ0v) is 17.7. The molecule has 0 bridgehead atoms. The van der Waals surface area contributed by atoms with Crippen LogP contribution >= 0.6 is 7.26 Å². The molecule has 2 heteroatoms. The molecule has 24 heavy (non-hydrogen) atoms. The van der Waals surface area contributed by atoms with Gasteiger partial charge in [-0.3, -0.25) is 0 Å². The Kier molecular flexibility index (Phi) is 10.5. The first-order valence-corrected chi connectivity index (χ1v) is 11.7. The summed E-state index contributed by atoms with van der Waals surface area (Å²) in [5.41, 5.74) is 3.09. The van der Waals surface area contributed by atoms with Gasteiger partial charge in [-0.25, -0.2) is 0 Å². The molecule has 0 aliphatic heterocycles. The summed E-state index contributed by atoms with van der Waals surface area (Å²) in [5, 5.41) is 0. The second-order valence-electron chi connectivity index (χ2n) is 6.78. The fourth-order valence-electron chi connectivity index (χ4n) is 3.41. The number of unbranched alkanes of at least 4 members (excludes halogenated alkanes) is 2. The largest absolute Gasteiger partial charge is 1.00 e. The molecule has 0 fully saturated rings. The van der Waals surface area contributed by atoms with Gasteiger partial charge >= 0.3 is 0 Å². The molecule has 2 rings (SSSR count). The Balaban J connectivity index is 0.00000288. The maximum Gasteiger partial charge on any atom is 0.0846 e. The average molecular weight is 407 g/mol. The Morgan fingerprint density at radius 3 is 1.33 bits per heavy atom. The quantitative estimate of drug-likeness (QED) is 0.522. The Labute approximate surface area is 160 Å². The van der Waals surface area contributed by atoms with Crippen molar-refractivity contribution in [3.63, 3.8) is 0 Å². The maximum atomic E-state index is 2.33. The highest BCUT2D eigenvalue weighted by molar-refractivity contribution is 7.74. The van der Waals surface area contributed by atoms with Gasteiger partial charge < -0.3 is 17.0 Å². The molecule has 0 radical (unpaired) electrons. The van der Waals surface area contributed by atoms with Crippen LogP contribution < -0.4 is 17.0 Å². The van der Waals surface area contributed by atoms with Crippen LogP contribution in [0.15, 0.2) is 60.7 Å². The minimum absolute atomic E-state index is 0. The maximum absolute atomic E-state index is 2.33. The number of benzene rings is 2. The Bertz CT molecular complexity index is 487. The van der Waals surface area contributed by atoms with E-state index in [4.69, 9.17) is 0 Å². The standard InChI is InChI=1S/C22H32P.BrH/c1-3-5-17-23(18-6-4-2,19-21-13-9-7-10-14-21)20-22-15-11-8-12-16-22;/h7-16H,3-6,17-20H2,1-2H3;1H/q+1;/p-1. The van der Waals surface area contributed by atoms with Crippen LogP contribution in [-0.4, -0.2) is 12.3 Å². The molecule has 0 nitrogen and oxygen atoms in total. The van der Waals surface area contributed by atoms with Crippen molar-refractivity contribution in [2.45, 2.75) is 51.9 Å². The molecule has 2 aromatic rings. The Morgan fingerprint density at radius 1 is 0.625 bits per heavy atom. The number of halogens is 1. The molecule has 0 heterocycles. The summed E-state index contributed by atoms with van der Waals surface area (Å²) >= 11 is 0. The third-order valence-corrected chi connectivity index (χ3v) is 9.30. The monoisotopic (exact) mass is 406 g/mol. The summed E-state index contributed by atoms with van der Waals surface area (Å²) in [6.45, 7) is 4.67. The lowest BCUT2D eigenvalue weighted by Gasteiger charge is -2.28. The molecule has 0 amide bonds. The first-order chi connectivity index (χ1) is 11.3. The van der Waals surface area contributed by atoms with Gasteiger partial charge in [0.2, 0.25) is 0 Å². The van der Waals surface area contributed by atoms with Crippen LogP contribution in [0.25, 0.3) is 0 Å². The van der Waals surface area contributed by atoms with Crippen molar-refractivity contribution in [3.8, 4) is 0 Å². The van der Waals surface area contributed by atoms with E-state index in [0.29, 0.717) is 0 Å². The lowest BCUT2D eigenvalue weighted by atomic mass is 10.2. The van der Waals surface area contributed by atoms with E-state index in [1.165, 1.54) is 50.3 Å². The second kappa shape index (κ2) is 11.8. The van der Waals surface area contributed by atoms with Gasteiger partial charge in [-0.05, 0) is 24.0 Å². The third-order valence-electron chi connectivity index (χ3n) is 4.69. The summed E-state index contributed by atoms with van der Waals surface area (Å²) in [6, 6.07) is 22.4. The first-order valence-electron chi connectivity index (χ1n) is 9.21. The van der Waals surface area contributed by atoms with E-state index in [2.05, 4.69) is 74.5 Å². The highest BCUT2D eigenvalue weighted by atomic mass is 79.9. The molecule has 0 spiro atoms. The minimum Gasteiger partial charge on any atom is -1.00 e. The molecule has 0 aliphatic carbocycles. The van der Waals surface area contributed by atoms with Gasteiger partial charge in [0.25, 0.3) is 0 Å². The predicted octanol–water partition coefficient (Wildman–Crippen LogP) is 4.01. The lowest BCUT2D eigenvalue weighted by Crippen LogP contribution is -3.00. The van der Waals surface area contributed by atoms with Gasteiger partial charge in [-0.2, -0.15) is 0 Å². The topological polar surface area (TPSA) is 0 Å². The molecular weight excluding hydrogens is 375 g/mol. The highest BCUT2D eigenvalue weighted by Gasteiger charge is 2.36. The van der Waals surface area contributed by atoms with Crippen molar-refractivity contribution in [2.24, 2.45) is 0 Å². The van der Waals surface area contributed by atoms with Crippen LogP contribution in [0.1, 0.15) is 50.7 Å². The first kappa shape index (κ1) is 21.4. The summed E-state index contributed by atoms with van der Waals surface area (Å²) in [6.07, 6.45) is 11.0. The normalized spacial score (nSPS) is 11.1. The minimum atomic E-state index is -0.973. The van der Waals surface area contributed by atoms with Crippen LogP contribution in [0.5, 0.6) is 0 Å². The van der Waals surface area contributed by atoms with E-state index >= 15 is 0 Å². The van der Waals surface area contributed by atoms with Crippen molar-refractivity contribution in [1.82, 2.24) is 0 Å². The van der Waals surface area contributed by atoms with Crippen molar-refractivity contribution in [1.29, 1.82) is 0 Å². The van der Waals surface area contributed by atoms with Gasteiger partial charge in [0, 0.05) is 7.26 Å². The van der Waals surface area contributed by atoms with Gasteiger partial charge in [0.15, 0.2) is 0 Å². The van der Waals surface area contributed by atoms with E-state index in [1.807, 2.05) is 0 Å². The Hall–Kier alpha value is -0.650. The molecule has 0 aromatic heterocycles. The third kappa shape index (κ3) is 7.08. The molecule has 2 aromatic carbocycles. The number of rotatable bonds is 10. The van der Waals surface area contributed by atoms with Crippen LogP contribution in [0, 0.1) is 0 Å². The SMILES string of the molecule is CCCC[P+](CCCC)(Cc1ccccc1)Cc1ccccc1.[Br-]. The molecule has 0 N–H and O–H groups in total. The van der Waals surface area contributed by atoms with Crippen molar-refractivity contribution in [2.75, 3.05) is 12.3 Å². The molecule has 0 aliphatic rings. The zero-order chi connectivity index (χ0) is 16.4. The molecular formula is C22H32BrP. The summed E-state index contributed by atoms with van der Waals surface area (Å²) in [7, 11) is -0.973. The molecule has 0 unspecified atom stereocenters. The fraction of sp³-hybridized carbons (Fsp3) is 0.455. The lowest BCUT2D eigenvalue weighted by molar-refractivity contribution is -0.00000502. The molecule has 0 saturated heterocycles. The van der Waals surface area contributed by atoms with Gasteiger partial charge in [-0.15, -0.1) is 0 Å². The molecule has 0 saturated carbocycles. The van der Waals surface area contributed by atoms with Crippen LogP contribution in [0.4, 0.5) is 0 Å². The Morgan fingerprint density at radius 2 is 1.00 bits per heavy atom. The molecule has 132 valence electrons. The van der Waals surface area contributed by atoms with Crippen molar-refractivity contribution in [3.05, 3.63) is 71.8 Å². The van der Waals surface area contributed by atoms with Gasteiger partial charge in [-0.1, -0.05) is 87.4 Å². The van der Waals surface area contributed by atoms with E-state index in [-0.39, 0.29) is 17.0 Å². The highest BCUT2D eigenvalue weighted by Crippen LogP contribution is 2.65. The number of hydrogen-bond acceptors (Lipinski definition) is 0.